The second-order valence-electron chi connectivity index (χ2n) is 3.69. The number of hydrogen-bond donors (Lipinski definition) is 6. The van der Waals surface area contributed by atoms with Crippen LogP contribution in [0.4, 0.5) is 0 Å². The van der Waals surface area contributed by atoms with Crippen LogP contribution in [0.15, 0.2) is 0 Å². The summed E-state index contributed by atoms with van der Waals surface area (Å²) in [5.41, 5.74) is 7.76. The first-order valence-electron chi connectivity index (χ1n) is 5.56. The van der Waals surface area contributed by atoms with Gasteiger partial charge in [-0.05, 0) is 47.9 Å². The molecule has 0 aliphatic rings. The molecule has 0 saturated carbocycles. The van der Waals surface area contributed by atoms with Crippen molar-refractivity contribution in [1.82, 2.24) is 31.8 Å². The first-order valence-corrected chi connectivity index (χ1v) is 5.56. The minimum atomic E-state index is -1.32. The molecule has 0 bridgehead atoms. The second-order valence-corrected chi connectivity index (χ2v) is 3.69. The highest BCUT2D eigenvalue weighted by atomic mass is 17.4. The fraction of sp³-hybridized carbons (Fsp3) is 1.00. The smallest absolute Gasteiger partial charge is 0.267 e. The van der Waals surface area contributed by atoms with Crippen molar-refractivity contribution in [2.24, 2.45) is 5.73 Å². The Balaban J connectivity index is 3.99. The molecule has 0 radical (unpaired) electrons. The molecular formula is C8H25N7O4. The monoisotopic (exact) mass is 283 g/mol. The maximum Gasteiger partial charge on any atom is 0.267 e. The van der Waals surface area contributed by atoms with E-state index in [9.17, 15) is 0 Å². The summed E-state index contributed by atoms with van der Waals surface area (Å²) in [6.45, 7) is 0. The second kappa shape index (κ2) is 8.68. The highest BCUT2D eigenvalue weighted by Gasteiger charge is 2.29. The topological polar surface area (TPSA) is 126 Å². The van der Waals surface area contributed by atoms with Gasteiger partial charge in [-0.2, -0.15) is 9.78 Å². The molecule has 116 valence electrons. The number of nitrogens with one attached hydrogen (secondary N) is 5. The third kappa shape index (κ3) is 5.60. The van der Waals surface area contributed by atoms with E-state index >= 15 is 0 Å². The van der Waals surface area contributed by atoms with Crippen molar-refractivity contribution in [2.45, 2.75) is 11.9 Å². The van der Waals surface area contributed by atoms with Crippen LogP contribution in [-0.2, 0) is 19.8 Å². The molecule has 7 N–H and O–H groups in total. The molecule has 0 aliphatic carbocycles. The molecule has 0 spiro atoms. The van der Waals surface area contributed by atoms with Crippen LogP contribution >= 0.6 is 0 Å². The van der Waals surface area contributed by atoms with Crippen LogP contribution in [0.1, 0.15) is 0 Å². The molecule has 1 atom stereocenters. The molecule has 0 saturated heterocycles. The van der Waals surface area contributed by atoms with Crippen molar-refractivity contribution < 1.29 is 19.8 Å². The minimum Gasteiger partial charge on any atom is -0.275 e. The molecule has 0 rings (SSSR count). The van der Waals surface area contributed by atoms with Crippen LogP contribution in [0, 0.1) is 0 Å². The lowest BCUT2D eigenvalue weighted by atomic mass is 10.6. The van der Waals surface area contributed by atoms with Gasteiger partial charge in [0.05, 0.1) is 0 Å². The van der Waals surface area contributed by atoms with Crippen LogP contribution in [0.3, 0.4) is 0 Å². The zero-order valence-electron chi connectivity index (χ0n) is 12.2. The van der Waals surface area contributed by atoms with Crippen LogP contribution < -0.4 is 32.6 Å². The fourth-order valence-electron chi connectivity index (χ4n) is 1.01. The Morgan fingerprint density at radius 1 is 0.842 bits per heavy atom. The molecule has 0 aromatic rings. The molecular weight excluding hydrogens is 258 g/mol. The summed E-state index contributed by atoms with van der Waals surface area (Å²) in [5, 5.41) is 11.1. The summed E-state index contributed by atoms with van der Waals surface area (Å²) in [5.74, 6) is -2.40. The first-order chi connectivity index (χ1) is 8.89. The molecule has 1 unspecified atom stereocenters. The Kier molecular flexibility index (Phi) is 8.47. The third-order valence-electron chi connectivity index (χ3n) is 2.48. The molecule has 11 heteroatoms. The molecule has 0 aromatic heterocycles. The molecule has 0 aliphatic heterocycles. The van der Waals surface area contributed by atoms with Gasteiger partial charge in [0.1, 0.15) is 0 Å². The first kappa shape index (κ1) is 18.6. The lowest BCUT2D eigenvalue weighted by Gasteiger charge is -2.33. The Bertz CT molecular complexity index is 222. The van der Waals surface area contributed by atoms with Crippen molar-refractivity contribution in [3.63, 3.8) is 0 Å². The van der Waals surface area contributed by atoms with Gasteiger partial charge in [-0.1, -0.05) is 0 Å². The van der Waals surface area contributed by atoms with Gasteiger partial charge in [0.25, 0.3) is 11.9 Å². The van der Waals surface area contributed by atoms with E-state index in [4.69, 9.17) is 15.5 Å². The highest BCUT2D eigenvalue weighted by molar-refractivity contribution is 4.62. The van der Waals surface area contributed by atoms with Crippen LogP contribution in [-0.4, -0.2) is 59.1 Å². The van der Waals surface area contributed by atoms with Gasteiger partial charge in [-0.25, -0.2) is 0 Å². The van der Waals surface area contributed by atoms with Crippen LogP contribution in [0.5, 0.6) is 0 Å². The van der Waals surface area contributed by atoms with Crippen molar-refractivity contribution in [1.29, 1.82) is 0 Å². The predicted molar refractivity (Wildman–Crippen MR) is 67.1 cm³/mol. The number of rotatable bonds is 11. The largest absolute Gasteiger partial charge is 0.275 e. The van der Waals surface area contributed by atoms with Gasteiger partial charge in [-0.15, -0.1) is 9.98 Å². The summed E-state index contributed by atoms with van der Waals surface area (Å²) in [6.07, 6.45) is 0. The van der Waals surface area contributed by atoms with Crippen LogP contribution in [0.25, 0.3) is 0 Å². The summed E-state index contributed by atoms with van der Waals surface area (Å²) in [4.78, 5) is 20.6. The van der Waals surface area contributed by atoms with Gasteiger partial charge in [0.15, 0.2) is 0 Å². The van der Waals surface area contributed by atoms with Crippen molar-refractivity contribution in [3.8, 4) is 0 Å². The quantitative estimate of drug-likeness (QED) is 0.1000. The third-order valence-corrected chi connectivity index (χ3v) is 2.48. The summed E-state index contributed by atoms with van der Waals surface area (Å²) in [6, 6.07) is 0. The van der Waals surface area contributed by atoms with Gasteiger partial charge < -0.3 is 0 Å². The van der Waals surface area contributed by atoms with E-state index in [0.29, 0.717) is 0 Å². The van der Waals surface area contributed by atoms with E-state index in [1.807, 2.05) is 5.64 Å². The maximum absolute atomic E-state index is 5.78. The molecule has 0 aromatic carbocycles. The minimum absolute atomic E-state index is 1.08. The Hall–Kier alpha value is -0.440. The standard InChI is InChI=1S/C8H25N7O4/c1-10-7(9,15(5)6)16-18-14-19-17-8(11-2,12-3)13-4/h10-14H,9H2,1-6H3. The zero-order chi connectivity index (χ0) is 14.9. The normalized spacial score (nSPS) is 15.8. The molecule has 19 heavy (non-hydrogen) atoms. The van der Waals surface area contributed by atoms with Crippen molar-refractivity contribution in [3.05, 3.63) is 0 Å². The number of hydrogen-bond acceptors (Lipinski definition) is 11. The van der Waals surface area contributed by atoms with Crippen molar-refractivity contribution >= 4 is 0 Å². The maximum atomic E-state index is 5.78. The lowest BCUT2D eigenvalue weighted by Crippen LogP contribution is -2.65. The van der Waals surface area contributed by atoms with E-state index in [-0.39, 0.29) is 0 Å². The molecule has 0 amide bonds. The van der Waals surface area contributed by atoms with E-state index < -0.39 is 11.9 Å². The Labute approximate surface area is 112 Å². The lowest BCUT2D eigenvalue weighted by molar-refractivity contribution is -0.541. The zero-order valence-corrected chi connectivity index (χ0v) is 12.2. The number of nitrogens with two attached hydrogens (primary N) is 1. The van der Waals surface area contributed by atoms with E-state index in [1.165, 1.54) is 0 Å². The molecule has 0 heterocycles. The van der Waals surface area contributed by atoms with Gasteiger partial charge in [0.2, 0.25) is 0 Å². The molecule has 11 nitrogen and oxygen atoms in total. The summed E-state index contributed by atoms with van der Waals surface area (Å²) < 4.78 is 0. The molecule has 0 fully saturated rings. The summed E-state index contributed by atoms with van der Waals surface area (Å²) >= 11 is 0. The van der Waals surface area contributed by atoms with Gasteiger partial charge >= 0.3 is 0 Å². The predicted octanol–water partition coefficient (Wildman–Crippen LogP) is -3.08. The van der Waals surface area contributed by atoms with E-state index in [2.05, 4.69) is 31.2 Å². The Morgan fingerprint density at radius 3 is 1.68 bits per heavy atom. The average Bonchev–Trinajstić information content (AvgIpc) is 2.43. The van der Waals surface area contributed by atoms with Crippen LogP contribution in [0.2, 0.25) is 0 Å². The van der Waals surface area contributed by atoms with E-state index in [1.54, 1.807) is 47.2 Å². The van der Waals surface area contributed by atoms with Crippen molar-refractivity contribution in [2.75, 3.05) is 42.3 Å². The SMILES string of the molecule is CNC(NC)(NC)OONOOC(N)(NC)N(C)C. The van der Waals surface area contributed by atoms with Gasteiger partial charge in [-0.3, -0.25) is 31.9 Å². The average molecular weight is 283 g/mol. The summed E-state index contributed by atoms with van der Waals surface area (Å²) in [7, 11) is 9.98. The fourth-order valence-corrected chi connectivity index (χ4v) is 1.01. The highest BCUT2D eigenvalue weighted by Crippen LogP contribution is 2.01. The Morgan fingerprint density at radius 2 is 1.32 bits per heavy atom. The number of nitrogens with zero attached hydrogens (tertiary/aromatic N) is 1. The van der Waals surface area contributed by atoms with E-state index in [0.717, 1.165) is 0 Å². The van der Waals surface area contributed by atoms with Gasteiger partial charge in [0, 0.05) is 0 Å².